The number of furan rings is 2. The average Bonchev–Trinajstić information content (AvgIpc) is 3.24. The van der Waals surface area contributed by atoms with Gasteiger partial charge in [-0.05, 0) is 41.8 Å². The van der Waals surface area contributed by atoms with Crippen LogP contribution >= 0.6 is 11.3 Å². The van der Waals surface area contributed by atoms with Gasteiger partial charge in [-0.2, -0.15) is 0 Å². The zero-order valence-electron chi connectivity index (χ0n) is 11.1. The van der Waals surface area contributed by atoms with Gasteiger partial charge in [-0.1, -0.05) is 6.07 Å². The van der Waals surface area contributed by atoms with E-state index in [9.17, 15) is 4.79 Å². The molecule has 21 heavy (non-hydrogen) atoms. The summed E-state index contributed by atoms with van der Waals surface area (Å²) >= 11 is 1.59. The molecule has 1 amide bonds. The van der Waals surface area contributed by atoms with Gasteiger partial charge in [-0.3, -0.25) is 4.79 Å². The molecule has 0 unspecified atom stereocenters. The molecule has 0 aliphatic carbocycles. The monoisotopic (exact) mass is 299 g/mol. The van der Waals surface area contributed by atoms with E-state index in [1.165, 1.54) is 6.08 Å². The Morgan fingerprint density at radius 1 is 1.19 bits per heavy atom. The maximum atomic E-state index is 11.7. The molecule has 0 bridgehead atoms. The smallest absolute Gasteiger partial charge is 0.244 e. The van der Waals surface area contributed by atoms with Crippen molar-refractivity contribution >= 4 is 23.3 Å². The highest BCUT2D eigenvalue weighted by Gasteiger charge is 2.07. The topological polar surface area (TPSA) is 55.4 Å². The molecule has 3 heterocycles. The molecule has 4 nitrogen and oxygen atoms in total. The van der Waals surface area contributed by atoms with Crippen LogP contribution in [0.5, 0.6) is 0 Å². The lowest BCUT2D eigenvalue weighted by atomic mass is 10.3. The second-order valence-corrected chi connectivity index (χ2v) is 5.29. The lowest BCUT2D eigenvalue weighted by molar-refractivity contribution is -0.116. The molecule has 3 rings (SSSR count). The molecule has 106 valence electrons. The van der Waals surface area contributed by atoms with Crippen LogP contribution in [0.25, 0.3) is 17.6 Å². The number of hydrogen-bond acceptors (Lipinski definition) is 4. The van der Waals surface area contributed by atoms with Crippen LogP contribution in [0.3, 0.4) is 0 Å². The van der Waals surface area contributed by atoms with Gasteiger partial charge >= 0.3 is 0 Å². The maximum absolute atomic E-state index is 11.7. The van der Waals surface area contributed by atoms with Crippen LogP contribution in [-0.4, -0.2) is 5.91 Å². The van der Waals surface area contributed by atoms with Gasteiger partial charge in [0.2, 0.25) is 5.91 Å². The van der Waals surface area contributed by atoms with Gasteiger partial charge in [0.1, 0.15) is 5.76 Å². The molecule has 0 aliphatic heterocycles. The predicted octanol–water partition coefficient (Wildman–Crippen LogP) is 3.93. The molecule has 1 N–H and O–H groups in total. The molecular weight excluding hydrogens is 286 g/mol. The van der Waals surface area contributed by atoms with Crippen LogP contribution in [0.1, 0.15) is 10.6 Å². The Hall–Kier alpha value is -2.53. The first-order valence-electron chi connectivity index (χ1n) is 6.43. The molecule has 0 saturated heterocycles. The molecule has 5 heteroatoms. The van der Waals surface area contributed by atoms with Crippen molar-refractivity contribution in [3.63, 3.8) is 0 Å². The molecule has 0 saturated carbocycles. The van der Waals surface area contributed by atoms with E-state index in [2.05, 4.69) is 5.32 Å². The van der Waals surface area contributed by atoms with Crippen LogP contribution in [0.4, 0.5) is 0 Å². The van der Waals surface area contributed by atoms with E-state index in [0.717, 1.165) is 4.88 Å². The summed E-state index contributed by atoms with van der Waals surface area (Å²) in [4.78, 5) is 12.7. The van der Waals surface area contributed by atoms with E-state index in [0.29, 0.717) is 23.8 Å². The minimum atomic E-state index is -0.153. The third kappa shape index (κ3) is 3.52. The summed E-state index contributed by atoms with van der Waals surface area (Å²) in [5.74, 6) is 1.85. The number of amides is 1. The fourth-order valence-corrected chi connectivity index (χ4v) is 2.42. The Morgan fingerprint density at radius 3 is 2.90 bits per heavy atom. The zero-order chi connectivity index (χ0) is 14.5. The van der Waals surface area contributed by atoms with Gasteiger partial charge in [0.05, 0.1) is 12.8 Å². The molecular formula is C16H13NO3S. The van der Waals surface area contributed by atoms with Crippen molar-refractivity contribution in [2.45, 2.75) is 6.54 Å². The minimum absolute atomic E-state index is 0.153. The molecule has 3 aromatic heterocycles. The standard InChI is InChI=1S/C16H13NO3S/c18-16(8-6-13-3-2-10-21-13)17-11-12-5-7-15(20-12)14-4-1-9-19-14/h1-10H,11H2,(H,17,18). The number of thiophene rings is 1. The Morgan fingerprint density at radius 2 is 2.14 bits per heavy atom. The summed E-state index contributed by atoms with van der Waals surface area (Å²) in [5, 5.41) is 4.74. The highest BCUT2D eigenvalue weighted by molar-refractivity contribution is 7.10. The highest BCUT2D eigenvalue weighted by Crippen LogP contribution is 2.22. The summed E-state index contributed by atoms with van der Waals surface area (Å²) in [5.41, 5.74) is 0. The highest BCUT2D eigenvalue weighted by atomic mass is 32.1. The molecule has 0 spiro atoms. The van der Waals surface area contributed by atoms with Crippen molar-refractivity contribution in [2.24, 2.45) is 0 Å². The summed E-state index contributed by atoms with van der Waals surface area (Å²) in [6, 6.07) is 11.2. The number of nitrogens with one attached hydrogen (secondary N) is 1. The first-order valence-corrected chi connectivity index (χ1v) is 7.31. The van der Waals surface area contributed by atoms with Gasteiger partial charge in [-0.15, -0.1) is 11.3 Å². The molecule has 0 radical (unpaired) electrons. The Labute approximate surface area is 125 Å². The van der Waals surface area contributed by atoms with E-state index < -0.39 is 0 Å². The Kier molecular flexibility index (Phi) is 4.02. The van der Waals surface area contributed by atoms with Gasteiger partial charge in [-0.25, -0.2) is 0 Å². The third-order valence-corrected chi connectivity index (χ3v) is 3.64. The van der Waals surface area contributed by atoms with E-state index in [1.807, 2.05) is 35.7 Å². The normalized spacial score (nSPS) is 11.0. The van der Waals surface area contributed by atoms with Crippen LogP contribution in [-0.2, 0) is 11.3 Å². The quantitative estimate of drug-likeness (QED) is 0.726. The largest absolute Gasteiger partial charge is 0.461 e. The number of carbonyl (C=O) groups excluding carboxylic acids is 1. The SMILES string of the molecule is O=C(C=Cc1cccs1)NCc1ccc(-c2ccco2)o1. The van der Waals surface area contributed by atoms with E-state index in [1.54, 1.807) is 29.7 Å². The Balaban J connectivity index is 1.54. The maximum Gasteiger partial charge on any atom is 0.244 e. The fraction of sp³-hybridized carbons (Fsp3) is 0.0625. The number of carbonyl (C=O) groups is 1. The van der Waals surface area contributed by atoms with E-state index in [4.69, 9.17) is 8.83 Å². The minimum Gasteiger partial charge on any atom is -0.461 e. The molecule has 0 aromatic carbocycles. The summed E-state index contributed by atoms with van der Waals surface area (Å²) < 4.78 is 10.8. The molecule has 3 aromatic rings. The first-order chi connectivity index (χ1) is 10.3. The second kappa shape index (κ2) is 6.28. The van der Waals surface area contributed by atoms with Crippen LogP contribution in [0.2, 0.25) is 0 Å². The van der Waals surface area contributed by atoms with E-state index in [-0.39, 0.29) is 5.91 Å². The van der Waals surface area contributed by atoms with Crippen LogP contribution in [0, 0.1) is 0 Å². The average molecular weight is 299 g/mol. The first kappa shape index (κ1) is 13.5. The van der Waals surface area contributed by atoms with Crippen LogP contribution in [0.15, 0.2) is 63.0 Å². The van der Waals surface area contributed by atoms with Crippen molar-refractivity contribution in [3.8, 4) is 11.5 Å². The van der Waals surface area contributed by atoms with Crippen molar-refractivity contribution in [1.82, 2.24) is 5.32 Å². The number of rotatable bonds is 5. The molecule has 0 atom stereocenters. The lowest BCUT2D eigenvalue weighted by Gasteiger charge is -1.98. The van der Waals surface area contributed by atoms with Crippen molar-refractivity contribution in [1.29, 1.82) is 0 Å². The predicted molar refractivity (Wildman–Crippen MR) is 81.6 cm³/mol. The zero-order valence-corrected chi connectivity index (χ0v) is 11.9. The van der Waals surface area contributed by atoms with Gasteiger partial charge in [0.25, 0.3) is 0 Å². The van der Waals surface area contributed by atoms with Crippen molar-refractivity contribution in [2.75, 3.05) is 0 Å². The van der Waals surface area contributed by atoms with Gasteiger partial charge in [0.15, 0.2) is 11.5 Å². The summed E-state index contributed by atoms with van der Waals surface area (Å²) in [6.45, 7) is 0.342. The van der Waals surface area contributed by atoms with Gasteiger partial charge < -0.3 is 14.2 Å². The summed E-state index contributed by atoms with van der Waals surface area (Å²) in [7, 11) is 0. The number of hydrogen-bond donors (Lipinski definition) is 1. The van der Waals surface area contributed by atoms with E-state index >= 15 is 0 Å². The molecule has 0 aliphatic rings. The third-order valence-electron chi connectivity index (χ3n) is 2.80. The second-order valence-electron chi connectivity index (χ2n) is 4.31. The molecule has 0 fully saturated rings. The summed E-state index contributed by atoms with van der Waals surface area (Å²) in [6.07, 6.45) is 4.90. The van der Waals surface area contributed by atoms with Crippen molar-refractivity contribution in [3.05, 3.63) is 64.8 Å². The Bertz CT molecular complexity index is 724. The van der Waals surface area contributed by atoms with Gasteiger partial charge in [0, 0.05) is 11.0 Å². The van der Waals surface area contributed by atoms with Crippen LogP contribution < -0.4 is 5.32 Å². The lowest BCUT2D eigenvalue weighted by Crippen LogP contribution is -2.19. The fourth-order valence-electron chi connectivity index (χ4n) is 1.80. The van der Waals surface area contributed by atoms with Crippen molar-refractivity contribution < 1.29 is 13.6 Å².